The summed E-state index contributed by atoms with van der Waals surface area (Å²) in [5.41, 5.74) is 3.31. The van der Waals surface area contributed by atoms with E-state index < -0.39 is 33.7 Å². The number of hydrogen-bond donors (Lipinski definition) is 0. The Balaban J connectivity index is 3.56. The van der Waals surface area contributed by atoms with Crippen molar-refractivity contribution >= 4 is 28.3 Å². The predicted molar refractivity (Wildman–Crippen MR) is 137 cm³/mol. The lowest BCUT2D eigenvalue weighted by Crippen LogP contribution is -2.39. The molecule has 0 amide bonds. The van der Waals surface area contributed by atoms with Crippen LogP contribution in [-0.4, -0.2) is 48.7 Å². The van der Waals surface area contributed by atoms with Crippen LogP contribution in [0.25, 0.3) is 0 Å². The van der Waals surface area contributed by atoms with Crippen LogP contribution in [0.2, 0.25) is 36.3 Å². The Morgan fingerprint density at radius 3 is 1.66 bits per heavy atom. The summed E-state index contributed by atoms with van der Waals surface area (Å²) in [5.74, 6) is -1.02. The van der Waals surface area contributed by atoms with Crippen LogP contribution in [0, 0.1) is 5.41 Å². The van der Waals surface area contributed by atoms with E-state index in [4.69, 9.17) is 13.9 Å². The third-order valence-electron chi connectivity index (χ3n) is 7.95. The van der Waals surface area contributed by atoms with Crippen molar-refractivity contribution in [1.82, 2.24) is 0 Å². The van der Waals surface area contributed by atoms with Gasteiger partial charge in [0.05, 0.1) is 28.4 Å². The quantitative estimate of drug-likeness (QED) is 0.182. The summed E-state index contributed by atoms with van der Waals surface area (Å²) < 4.78 is 16.9. The zero-order chi connectivity index (χ0) is 24.6. The van der Waals surface area contributed by atoms with E-state index in [2.05, 4.69) is 60.2 Å². The normalized spacial score (nSPS) is 19.9. The van der Waals surface area contributed by atoms with Gasteiger partial charge in [0.2, 0.25) is 0 Å². The van der Waals surface area contributed by atoms with Gasteiger partial charge in [-0.3, -0.25) is 9.59 Å². The van der Waals surface area contributed by atoms with E-state index in [0.717, 1.165) is 47.4 Å². The first-order valence-corrected chi connectivity index (χ1v) is 17.6. The number of methoxy groups -OCH3 is 2. The van der Waals surface area contributed by atoms with E-state index in [0.29, 0.717) is 12.8 Å². The molecule has 0 saturated heterocycles. The second-order valence-electron chi connectivity index (χ2n) is 9.27. The minimum absolute atomic E-state index is 0.0630. The van der Waals surface area contributed by atoms with Gasteiger partial charge >= 0.3 is 11.9 Å². The molecule has 184 valence electrons. The van der Waals surface area contributed by atoms with Gasteiger partial charge in [-0.05, 0) is 43.5 Å². The maximum absolute atomic E-state index is 12.9. The molecule has 0 bridgehead atoms. The van der Waals surface area contributed by atoms with E-state index in [1.165, 1.54) is 14.2 Å². The molecule has 32 heavy (non-hydrogen) atoms. The molecule has 0 aliphatic heterocycles. The highest BCUT2D eigenvalue weighted by Crippen LogP contribution is 2.48. The van der Waals surface area contributed by atoms with Crippen LogP contribution in [0.15, 0.2) is 22.9 Å². The lowest BCUT2D eigenvalue weighted by atomic mass is 9.85. The molecule has 5 nitrogen and oxygen atoms in total. The van der Waals surface area contributed by atoms with Gasteiger partial charge in [0.15, 0.2) is 13.7 Å². The summed E-state index contributed by atoms with van der Waals surface area (Å²) in [6.07, 6.45) is 2.75. The van der Waals surface area contributed by atoms with Crippen molar-refractivity contribution in [3.05, 3.63) is 22.9 Å². The van der Waals surface area contributed by atoms with Crippen LogP contribution in [0.4, 0.5) is 0 Å². The van der Waals surface area contributed by atoms with E-state index in [9.17, 15) is 9.59 Å². The van der Waals surface area contributed by atoms with Gasteiger partial charge in [-0.1, -0.05) is 77.0 Å². The van der Waals surface area contributed by atoms with E-state index >= 15 is 0 Å². The van der Waals surface area contributed by atoms with Crippen molar-refractivity contribution in [2.75, 3.05) is 14.2 Å². The molecule has 1 rings (SSSR count). The minimum atomic E-state index is -1.77. The van der Waals surface area contributed by atoms with Gasteiger partial charge in [0.25, 0.3) is 0 Å². The predicted octanol–water partition coefficient (Wildman–Crippen LogP) is 6.42. The van der Waals surface area contributed by atoms with E-state index in [1.54, 1.807) is 0 Å². The fourth-order valence-electron chi connectivity index (χ4n) is 5.15. The molecule has 0 heterocycles. The number of carbonyl (C=O) groups is 2. The van der Waals surface area contributed by atoms with Gasteiger partial charge < -0.3 is 13.9 Å². The van der Waals surface area contributed by atoms with Crippen LogP contribution in [-0.2, 0) is 23.5 Å². The summed E-state index contributed by atoms with van der Waals surface area (Å²) in [5, 5.41) is 0. The summed E-state index contributed by atoms with van der Waals surface area (Å²) >= 11 is 0. The summed E-state index contributed by atoms with van der Waals surface area (Å²) in [6.45, 7) is 15.6. The lowest BCUT2D eigenvalue weighted by molar-refractivity contribution is -0.168. The molecule has 0 aromatic rings. The third-order valence-corrected chi connectivity index (χ3v) is 17.9. The van der Waals surface area contributed by atoms with Gasteiger partial charge in [0, 0.05) is 0 Å². The topological polar surface area (TPSA) is 61.8 Å². The Labute approximate surface area is 198 Å². The Morgan fingerprint density at radius 1 is 0.844 bits per heavy atom. The fraction of sp³-hybridized carbons (Fsp3) is 0.760. The molecule has 0 N–H and O–H groups in total. The number of rotatable bonds is 12. The smallest absolute Gasteiger partial charge is 0.323 e. The highest BCUT2D eigenvalue weighted by molar-refractivity contribution is 6.84. The SMILES string of the molecule is CC[Si](/C=C1/CC(C(=O)OC)(C(=O)OC)C/C1=C\C(C)O[Si](CC)(CC)CC)(CC)CC. The van der Waals surface area contributed by atoms with Crippen LogP contribution in [0.1, 0.15) is 61.3 Å². The van der Waals surface area contributed by atoms with E-state index in [-0.39, 0.29) is 6.10 Å². The third kappa shape index (κ3) is 6.03. The molecule has 0 aromatic heterocycles. The first kappa shape index (κ1) is 28.8. The second-order valence-corrected chi connectivity index (χ2v) is 19.1. The fourth-order valence-corrected chi connectivity index (χ4v) is 11.1. The zero-order valence-electron chi connectivity index (χ0n) is 21.9. The largest absolute Gasteiger partial charge is 0.468 e. The number of ether oxygens (including phenoxy) is 2. The van der Waals surface area contributed by atoms with Gasteiger partial charge in [-0.15, -0.1) is 0 Å². The lowest BCUT2D eigenvalue weighted by Gasteiger charge is -2.31. The first-order valence-electron chi connectivity index (χ1n) is 12.4. The van der Waals surface area contributed by atoms with Crippen molar-refractivity contribution in [3.63, 3.8) is 0 Å². The molecule has 0 aromatic carbocycles. The van der Waals surface area contributed by atoms with Crippen molar-refractivity contribution in [1.29, 1.82) is 0 Å². The van der Waals surface area contributed by atoms with Gasteiger partial charge in [0.1, 0.15) is 0 Å². The van der Waals surface area contributed by atoms with Crippen LogP contribution < -0.4 is 0 Å². The van der Waals surface area contributed by atoms with Crippen molar-refractivity contribution in [2.45, 2.75) is 104 Å². The van der Waals surface area contributed by atoms with Crippen LogP contribution >= 0.6 is 0 Å². The average molecular weight is 483 g/mol. The second kappa shape index (κ2) is 12.3. The molecule has 1 unspecified atom stereocenters. The molecule has 1 aliphatic carbocycles. The van der Waals surface area contributed by atoms with Crippen LogP contribution in [0.3, 0.4) is 0 Å². The van der Waals surface area contributed by atoms with Gasteiger partial charge in [-0.2, -0.15) is 0 Å². The molecule has 0 spiro atoms. The minimum Gasteiger partial charge on any atom is -0.468 e. The Hall–Kier alpha value is -1.19. The Kier molecular flexibility index (Phi) is 11.1. The average Bonchev–Trinajstić information content (AvgIpc) is 3.18. The highest BCUT2D eigenvalue weighted by Gasteiger charge is 2.54. The molecule has 7 heteroatoms. The zero-order valence-corrected chi connectivity index (χ0v) is 23.9. The Bertz CT molecular complexity index is 673. The molecular weight excluding hydrogens is 436 g/mol. The molecule has 1 atom stereocenters. The van der Waals surface area contributed by atoms with Crippen molar-refractivity contribution in [3.8, 4) is 0 Å². The Morgan fingerprint density at radius 2 is 1.28 bits per heavy atom. The standard InChI is InChI=1S/C25H46O5Si2/c1-10-31(11-2,12-3)19-22-18-25(23(26)28-8,24(27)29-9)17-21(22)16-20(7)30-32(13-4,14-5)15-6/h16,19-20H,10-15,17-18H2,1-9H3/b21-16+,22-19-. The van der Waals surface area contributed by atoms with Crippen molar-refractivity contribution < 1.29 is 23.5 Å². The van der Waals surface area contributed by atoms with Gasteiger partial charge in [-0.25, -0.2) is 0 Å². The van der Waals surface area contributed by atoms with Crippen LogP contribution in [0.5, 0.6) is 0 Å². The molecule has 0 radical (unpaired) electrons. The monoisotopic (exact) mass is 482 g/mol. The maximum atomic E-state index is 12.9. The van der Waals surface area contributed by atoms with Crippen molar-refractivity contribution in [2.24, 2.45) is 5.41 Å². The van der Waals surface area contributed by atoms with E-state index in [1.807, 2.05) is 0 Å². The number of allylic oxidation sites excluding steroid dienone is 2. The number of esters is 2. The number of carbonyl (C=O) groups excluding carboxylic acids is 2. The molecular formula is C25H46O5Si2. The highest BCUT2D eigenvalue weighted by atomic mass is 28.4. The number of hydrogen-bond acceptors (Lipinski definition) is 5. The summed E-state index contributed by atoms with van der Waals surface area (Å²) in [6, 6.07) is 6.68. The first-order chi connectivity index (χ1) is 15.1. The molecule has 1 fully saturated rings. The summed E-state index contributed by atoms with van der Waals surface area (Å²) in [4.78, 5) is 25.7. The maximum Gasteiger partial charge on any atom is 0.323 e. The molecule has 1 aliphatic rings. The molecule has 1 saturated carbocycles. The summed E-state index contributed by atoms with van der Waals surface area (Å²) in [7, 11) is -0.720.